The van der Waals surface area contributed by atoms with Gasteiger partial charge < -0.3 is 15.3 Å². The van der Waals surface area contributed by atoms with Gasteiger partial charge in [-0.1, -0.05) is 38.1 Å². The van der Waals surface area contributed by atoms with Crippen LogP contribution in [0.4, 0.5) is 4.79 Å². The van der Waals surface area contributed by atoms with Crippen molar-refractivity contribution in [3.05, 3.63) is 35.4 Å². The molecule has 0 fully saturated rings. The third-order valence-electron chi connectivity index (χ3n) is 3.25. The Kier molecular flexibility index (Phi) is 5.83. The maximum atomic E-state index is 12.0. The number of benzene rings is 1. The van der Waals surface area contributed by atoms with Crippen LogP contribution in [0.1, 0.15) is 31.0 Å². The number of aryl methyl sites for hydroxylation is 1. The van der Waals surface area contributed by atoms with Crippen LogP contribution in [0.15, 0.2) is 24.3 Å². The van der Waals surface area contributed by atoms with Crippen LogP contribution < -0.4 is 5.32 Å². The molecule has 0 aliphatic heterocycles. The second-order valence-electron chi connectivity index (χ2n) is 5.17. The summed E-state index contributed by atoms with van der Waals surface area (Å²) >= 11 is 0. The van der Waals surface area contributed by atoms with Crippen molar-refractivity contribution >= 4 is 6.03 Å². The van der Waals surface area contributed by atoms with E-state index in [1.165, 1.54) is 10.5 Å². The Morgan fingerprint density at radius 1 is 1.37 bits per heavy atom. The summed E-state index contributed by atoms with van der Waals surface area (Å²) in [5.41, 5.74) is 2.31. The van der Waals surface area contributed by atoms with E-state index in [-0.39, 0.29) is 18.7 Å². The zero-order chi connectivity index (χ0) is 14.4. The Morgan fingerprint density at radius 3 is 2.53 bits per heavy atom. The molecule has 0 saturated heterocycles. The van der Waals surface area contributed by atoms with Crippen LogP contribution in [0, 0.1) is 12.8 Å². The van der Waals surface area contributed by atoms with Crippen LogP contribution in [0.5, 0.6) is 0 Å². The largest absolute Gasteiger partial charge is 0.395 e. The molecule has 0 aromatic heterocycles. The van der Waals surface area contributed by atoms with E-state index >= 15 is 0 Å². The first kappa shape index (κ1) is 15.5. The third kappa shape index (κ3) is 4.24. The van der Waals surface area contributed by atoms with Crippen LogP contribution in [-0.4, -0.2) is 36.2 Å². The van der Waals surface area contributed by atoms with Gasteiger partial charge >= 0.3 is 6.03 Å². The van der Waals surface area contributed by atoms with Crippen molar-refractivity contribution in [1.82, 2.24) is 10.2 Å². The van der Waals surface area contributed by atoms with Crippen LogP contribution in [0.3, 0.4) is 0 Å². The van der Waals surface area contributed by atoms with Gasteiger partial charge in [-0.05, 0) is 24.0 Å². The molecule has 1 aromatic rings. The van der Waals surface area contributed by atoms with Gasteiger partial charge in [0, 0.05) is 13.6 Å². The first-order valence-electron chi connectivity index (χ1n) is 6.65. The third-order valence-corrected chi connectivity index (χ3v) is 3.25. The smallest absolute Gasteiger partial charge is 0.317 e. The van der Waals surface area contributed by atoms with Gasteiger partial charge in [0.15, 0.2) is 0 Å². The van der Waals surface area contributed by atoms with E-state index in [4.69, 9.17) is 5.11 Å². The van der Waals surface area contributed by atoms with E-state index < -0.39 is 0 Å². The fourth-order valence-corrected chi connectivity index (χ4v) is 2.03. The molecule has 19 heavy (non-hydrogen) atoms. The summed E-state index contributed by atoms with van der Waals surface area (Å²) in [6, 6.07) is 7.91. The zero-order valence-corrected chi connectivity index (χ0v) is 12.2. The number of hydrogen-bond donors (Lipinski definition) is 2. The Morgan fingerprint density at radius 2 is 2.00 bits per heavy atom. The van der Waals surface area contributed by atoms with Gasteiger partial charge in [-0.15, -0.1) is 0 Å². The summed E-state index contributed by atoms with van der Waals surface area (Å²) < 4.78 is 0. The van der Waals surface area contributed by atoms with E-state index in [1.54, 1.807) is 7.05 Å². The van der Waals surface area contributed by atoms with Crippen molar-refractivity contribution < 1.29 is 9.90 Å². The average Bonchev–Trinajstić information content (AvgIpc) is 2.36. The number of urea groups is 1. The molecule has 0 spiro atoms. The maximum absolute atomic E-state index is 12.0. The number of amides is 2. The Balaban J connectivity index is 2.86. The highest BCUT2D eigenvalue weighted by Crippen LogP contribution is 2.24. The van der Waals surface area contributed by atoms with Gasteiger partial charge in [0.1, 0.15) is 0 Å². The molecule has 0 heterocycles. The Hall–Kier alpha value is -1.55. The minimum absolute atomic E-state index is 0.0187. The summed E-state index contributed by atoms with van der Waals surface area (Å²) in [6.45, 7) is 6.53. The number of aliphatic hydroxyl groups excluding tert-OH is 1. The zero-order valence-electron chi connectivity index (χ0n) is 12.2. The average molecular weight is 264 g/mol. The molecule has 106 valence electrons. The molecule has 0 saturated carbocycles. The minimum Gasteiger partial charge on any atom is -0.395 e. The highest BCUT2D eigenvalue weighted by atomic mass is 16.3. The molecular formula is C15H24N2O2. The van der Waals surface area contributed by atoms with Gasteiger partial charge in [0.05, 0.1) is 12.6 Å². The lowest BCUT2D eigenvalue weighted by molar-refractivity contribution is 0.184. The highest BCUT2D eigenvalue weighted by Gasteiger charge is 2.21. The van der Waals surface area contributed by atoms with E-state index in [0.29, 0.717) is 12.5 Å². The number of carbonyl (C=O) groups excluding carboxylic acids is 1. The molecule has 2 amide bonds. The molecule has 4 nitrogen and oxygen atoms in total. The van der Waals surface area contributed by atoms with Crippen molar-refractivity contribution in [3.8, 4) is 0 Å². The lowest BCUT2D eigenvalue weighted by Gasteiger charge is -2.27. The summed E-state index contributed by atoms with van der Waals surface area (Å²) in [5.74, 6) is 0.299. The monoisotopic (exact) mass is 264 g/mol. The van der Waals surface area contributed by atoms with E-state index in [1.807, 2.05) is 31.2 Å². The van der Waals surface area contributed by atoms with Crippen molar-refractivity contribution in [2.75, 3.05) is 20.2 Å². The summed E-state index contributed by atoms with van der Waals surface area (Å²) in [5, 5.41) is 11.9. The molecule has 1 aromatic carbocycles. The van der Waals surface area contributed by atoms with Gasteiger partial charge in [0.25, 0.3) is 0 Å². The van der Waals surface area contributed by atoms with Crippen molar-refractivity contribution in [2.24, 2.45) is 5.92 Å². The Bertz CT molecular complexity index is 418. The molecular weight excluding hydrogens is 240 g/mol. The second kappa shape index (κ2) is 7.14. The van der Waals surface area contributed by atoms with Crippen molar-refractivity contribution in [1.29, 1.82) is 0 Å². The number of aliphatic hydroxyl groups is 1. The quantitative estimate of drug-likeness (QED) is 0.857. The number of rotatable bonds is 5. The molecule has 0 aliphatic carbocycles. The highest BCUT2D eigenvalue weighted by molar-refractivity contribution is 5.74. The summed E-state index contributed by atoms with van der Waals surface area (Å²) in [4.78, 5) is 13.5. The van der Waals surface area contributed by atoms with Gasteiger partial charge in [-0.2, -0.15) is 0 Å². The summed E-state index contributed by atoms with van der Waals surface area (Å²) in [6.07, 6.45) is 0. The molecule has 1 unspecified atom stereocenters. The number of carbonyl (C=O) groups is 1. The van der Waals surface area contributed by atoms with Crippen molar-refractivity contribution in [2.45, 2.75) is 26.8 Å². The molecule has 0 radical (unpaired) electrons. The van der Waals surface area contributed by atoms with E-state index in [9.17, 15) is 4.79 Å². The first-order chi connectivity index (χ1) is 8.97. The van der Waals surface area contributed by atoms with E-state index in [2.05, 4.69) is 19.2 Å². The molecule has 2 N–H and O–H groups in total. The molecule has 1 atom stereocenters. The topological polar surface area (TPSA) is 52.6 Å². The van der Waals surface area contributed by atoms with Crippen LogP contribution in [0.25, 0.3) is 0 Å². The lowest BCUT2D eigenvalue weighted by atomic mass is 9.93. The summed E-state index contributed by atoms with van der Waals surface area (Å²) in [7, 11) is 1.68. The van der Waals surface area contributed by atoms with Crippen LogP contribution >= 0.6 is 0 Å². The maximum Gasteiger partial charge on any atom is 0.317 e. The standard InChI is InChI=1S/C15H24N2O2/c1-11(2)14(13-8-6-5-7-12(13)3)16-15(19)17(4)9-10-18/h5-8,11,14,18H,9-10H2,1-4H3,(H,16,19). The molecule has 0 bridgehead atoms. The van der Waals surface area contributed by atoms with E-state index in [0.717, 1.165) is 5.56 Å². The van der Waals surface area contributed by atoms with Crippen LogP contribution in [-0.2, 0) is 0 Å². The fourth-order valence-electron chi connectivity index (χ4n) is 2.03. The van der Waals surface area contributed by atoms with Gasteiger partial charge in [-0.25, -0.2) is 4.79 Å². The number of hydrogen-bond acceptors (Lipinski definition) is 2. The fraction of sp³-hybridized carbons (Fsp3) is 0.533. The van der Waals surface area contributed by atoms with Gasteiger partial charge in [-0.3, -0.25) is 0 Å². The normalized spacial score (nSPS) is 12.3. The SMILES string of the molecule is Cc1ccccc1C(NC(=O)N(C)CCO)C(C)C. The van der Waals surface area contributed by atoms with Gasteiger partial charge in [0.2, 0.25) is 0 Å². The lowest BCUT2D eigenvalue weighted by Crippen LogP contribution is -2.42. The predicted octanol–water partition coefficient (Wildman–Crippen LogP) is 2.33. The second-order valence-corrected chi connectivity index (χ2v) is 5.17. The molecule has 0 aliphatic rings. The Labute approximate surface area is 115 Å². The van der Waals surface area contributed by atoms with Crippen LogP contribution in [0.2, 0.25) is 0 Å². The number of nitrogens with one attached hydrogen (secondary N) is 1. The molecule has 1 rings (SSSR count). The van der Waals surface area contributed by atoms with Crippen molar-refractivity contribution in [3.63, 3.8) is 0 Å². The predicted molar refractivity (Wildman–Crippen MR) is 77.0 cm³/mol. The first-order valence-corrected chi connectivity index (χ1v) is 6.65. The number of likely N-dealkylation sites (N-methyl/N-ethyl adjacent to an activating group) is 1. The minimum atomic E-state index is -0.156. The number of nitrogens with zero attached hydrogens (tertiary/aromatic N) is 1. The molecule has 4 heteroatoms.